The molecule has 5 nitrogen and oxygen atoms in total. The van der Waals surface area contributed by atoms with Gasteiger partial charge in [-0.25, -0.2) is 0 Å². The first-order valence-corrected chi connectivity index (χ1v) is 8.27. The average Bonchev–Trinajstić information content (AvgIpc) is 2.54. The summed E-state index contributed by atoms with van der Waals surface area (Å²) in [5.41, 5.74) is 6.62. The SMILES string of the molecule is COc1cc(C(=O)N2CCCCC2C(C)N)cc(OC)c1Br. The van der Waals surface area contributed by atoms with Crippen molar-refractivity contribution in [2.75, 3.05) is 20.8 Å². The Morgan fingerprint density at radius 2 is 1.91 bits per heavy atom. The predicted octanol–water partition coefficient (Wildman–Crippen LogP) is 2.81. The van der Waals surface area contributed by atoms with Gasteiger partial charge in [0.2, 0.25) is 0 Å². The first kappa shape index (κ1) is 17.1. The summed E-state index contributed by atoms with van der Waals surface area (Å²) in [6, 6.07) is 3.52. The van der Waals surface area contributed by atoms with Gasteiger partial charge >= 0.3 is 0 Å². The van der Waals surface area contributed by atoms with Gasteiger partial charge in [0.15, 0.2) is 0 Å². The molecule has 1 heterocycles. The molecule has 1 aliphatic rings. The smallest absolute Gasteiger partial charge is 0.254 e. The summed E-state index contributed by atoms with van der Waals surface area (Å²) >= 11 is 3.42. The van der Waals surface area contributed by atoms with E-state index in [1.165, 1.54) is 0 Å². The van der Waals surface area contributed by atoms with Gasteiger partial charge in [-0.1, -0.05) is 0 Å². The Bertz CT molecular complexity index is 523. The Kier molecular flexibility index (Phi) is 5.69. The lowest BCUT2D eigenvalue weighted by Crippen LogP contribution is -2.51. The first-order chi connectivity index (χ1) is 10.5. The molecule has 2 unspecified atom stereocenters. The molecule has 2 atom stereocenters. The fraction of sp³-hybridized carbons (Fsp3) is 0.562. The molecule has 1 saturated heterocycles. The minimum absolute atomic E-state index is 0.0221. The van der Waals surface area contributed by atoms with Crippen molar-refractivity contribution in [2.45, 2.75) is 38.3 Å². The van der Waals surface area contributed by atoms with Crippen molar-refractivity contribution in [3.8, 4) is 11.5 Å². The van der Waals surface area contributed by atoms with E-state index in [-0.39, 0.29) is 18.0 Å². The van der Waals surface area contributed by atoms with Crippen LogP contribution in [0, 0.1) is 0 Å². The Labute approximate surface area is 139 Å². The Hall–Kier alpha value is -1.27. The highest BCUT2D eigenvalue weighted by Crippen LogP contribution is 2.36. The third-order valence-electron chi connectivity index (χ3n) is 4.11. The third kappa shape index (κ3) is 3.38. The maximum absolute atomic E-state index is 12.9. The topological polar surface area (TPSA) is 64.8 Å². The van der Waals surface area contributed by atoms with Crippen LogP contribution in [0.2, 0.25) is 0 Å². The number of rotatable bonds is 4. The number of nitrogens with zero attached hydrogens (tertiary/aromatic N) is 1. The van der Waals surface area contributed by atoms with Crippen molar-refractivity contribution in [1.82, 2.24) is 4.90 Å². The van der Waals surface area contributed by atoms with E-state index in [1.54, 1.807) is 26.4 Å². The van der Waals surface area contributed by atoms with E-state index in [4.69, 9.17) is 15.2 Å². The van der Waals surface area contributed by atoms with Gasteiger partial charge in [0.25, 0.3) is 5.91 Å². The predicted molar refractivity (Wildman–Crippen MR) is 89.6 cm³/mol. The largest absolute Gasteiger partial charge is 0.495 e. The van der Waals surface area contributed by atoms with Crippen LogP contribution in [-0.4, -0.2) is 43.7 Å². The summed E-state index contributed by atoms with van der Waals surface area (Å²) in [7, 11) is 3.14. The summed E-state index contributed by atoms with van der Waals surface area (Å²) in [6.07, 6.45) is 3.08. The molecule has 0 radical (unpaired) electrons. The molecule has 1 amide bonds. The molecule has 122 valence electrons. The number of benzene rings is 1. The van der Waals surface area contributed by atoms with Gasteiger partial charge < -0.3 is 20.1 Å². The van der Waals surface area contributed by atoms with Gasteiger partial charge in [0.05, 0.1) is 14.2 Å². The number of hydrogen-bond donors (Lipinski definition) is 1. The number of methoxy groups -OCH3 is 2. The molecule has 22 heavy (non-hydrogen) atoms. The minimum atomic E-state index is -0.0384. The van der Waals surface area contributed by atoms with Crippen LogP contribution < -0.4 is 15.2 Å². The summed E-state index contributed by atoms with van der Waals surface area (Å²) < 4.78 is 11.3. The highest BCUT2D eigenvalue weighted by molar-refractivity contribution is 9.10. The van der Waals surface area contributed by atoms with Gasteiger partial charge in [-0.15, -0.1) is 0 Å². The molecular formula is C16H23BrN2O3. The quantitative estimate of drug-likeness (QED) is 0.884. The van der Waals surface area contributed by atoms with Crippen molar-refractivity contribution in [3.05, 3.63) is 22.2 Å². The third-order valence-corrected chi connectivity index (χ3v) is 4.89. The minimum Gasteiger partial charge on any atom is -0.495 e. The van der Waals surface area contributed by atoms with Crippen LogP contribution in [0.4, 0.5) is 0 Å². The number of hydrogen-bond acceptors (Lipinski definition) is 4. The average molecular weight is 371 g/mol. The second-order valence-corrected chi connectivity index (χ2v) is 6.41. The molecule has 6 heteroatoms. The maximum Gasteiger partial charge on any atom is 0.254 e. The molecule has 2 N–H and O–H groups in total. The molecule has 0 aliphatic carbocycles. The molecule has 0 saturated carbocycles. The van der Waals surface area contributed by atoms with Crippen LogP contribution in [-0.2, 0) is 0 Å². The number of carbonyl (C=O) groups is 1. The standard InChI is InChI=1S/C16H23BrN2O3/c1-10(18)12-6-4-5-7-19(12)16(20)11-8-13(21-2)15(17)14(9-11)22-3/h8-10,12H,4-7,18H2,1-3H3. The summed E-state index contributed by atoms with van der Waals surface area (Å²) in [6.45, 7) is 2.70. The van der Waals surface area contributed by atoms with E-state index in [0.717, 1.165) is 25.8 Å². The van der Waals surface area contributed by atoms with Crippen LogP contribution in [0.1, 0.15) is 36.5 Å². The van der Waals surface area contributed by atoms with Crippen molar-refractivity contribution in [1.29, 1.82) is 0 Å². The Morgan fingerprint density at radius 1 is 1.32 bits per heavy atom. The molecule has 1 fully saturated rings. The summed E-state index contributed by atoms with van der Waals surface area (Å²) in [5, 5.41) is 0. The normalized spacial score (nSPS) is 19.7. The van der Waals surface area contributed by atoms with E-state index >= 15 is 0 Å². The fourth-order valence-electron chi connectivity index (χ4n) is 2.91. The first-order valence-electron chi connectivity index (χ1n) is 7.47. The van der Waals surface area contributed by atoms with Crippen LogP contribution in [0.3, 0.4) is 0 Å². The zero-order valence-corrected chi connectivity index (χ0v) is 14.9. The zero-order chi connectivity index (χ0) is 16.3. The molecule has 2 rings (SSSR count). The van der Waals surface area contributed by atoms with Gasteiger partial charge in [-0.3, -0.25) is 4.79 Å². The lowest BCUT2D eigenvalue weighted by molar-refractivity contribution is 0.0583. The second kappa shape index (κ2) is 7.33. The van der Waals surface area contributed by atoms with Gasteiger partial charge in [0, 0.05) is 24.2 Å². The Balaban J connectivity index is 2.35. The Morgan fingerprint density at radius 3 is 2.41 bits per heavy atom. The highest BCUT2D eigenvalue weighted by Gasteiger charge is 2.30. The number of likely N-dealkylation sites (tertiary alicyclic amines) is 1. The molecule has 0 spiro atoms. The van der Waals surface area contributed by atoms with E-state index in [2.05, 4.69) is 15.9 Å². The van der Waals surface area contributed by atoms with E-state index in [0.29, 0.717) is 21.5 Å². The van der Waals surface area contributed by atoms with Crippen molar-refractivity contribution < 1.29 is 14.3 Å². The van der Waals surface area contributed by atoms with Crippen molar-refractivity contribution in [2.24, 2.45) is 5.73 Å². The molecule has 0 aromatic heterocycles. The lowest BCUT2D eigenvalue weighted by atomic mass is 9.96. The molecule has 1 aromatic carbocycles. The number of ether oxygens (including phenoxy) is 2. The summed E-state index contributed by atoms with van der Waals surface area (Å²) in [5.74, 6) is 1.14. The monoisotopic (exact) mass is 370 g/mol. The van der Waals surface area contributed by atoms with Crippen LogP contribution in [0.5, 0.6) is 11.5 Å². The number of halogens is 1. The van der Waals surface area contributed by atoms with E-state index < -0.39 is 0 Å². The second-order valence-electron chi connectivity index (χ2n) is 5.62. The van der Waals surface area contributed by atoms with Crippen molar-refractivity contribution >= 4 is 21.8 Å². The lowest BCUT2D eigenvalue weighted by Gasteiger charge is -2.38. The molecular weight excluding hydrogens is 348 g/mol. The maximum atomic E-state index is 12.9. The van der Waals surface area contributed by atoms with Crippen LogP contribution in [0.15, 0.2) is 16.6 Å². The zero-order valence-electron chi connectivity index (χ0n) is 13.3. The van der Waals surface area contributed by atoms with Gasteiger partial charge in [-0.05, 0) is 54.2 Å². The molecule has 0 bridgehead atoms. The van der Waals surface area contributed by atoms with Gasteiger partial charge in [-0.2, -0.15) is 0 Å². The van der Waals surface area contributed by atoms with Crippen LogP contribution in [0.25, 0.3) is 0 Å². The van der Waals surface area contributed by atoms with Crippen molar-refractivity contribution in [3.63, 3.8) is 0 Å². The van der Waals surface area contributed by atoms with Gasteiger partial charge in [0.1, 0.15) is 16.0 Å². The highest BCUT2D eigenvalue weighted by atomic mass is 79.9. The van der Waals surface area contributed by atoms with Crippen LogP contribution >= 0.6 is 15.9 Å². The number of nitrogens with two attached hydrogens (primary N) is 1. The molecule has 1 aromatic rings. The summed E-state index contributed by atoms with van der Waals surface area (Å²) in [4.78, 5) is 14.8. The fourth-order valence-corrected chi connectivity index (χ4v) is 3.47. The molecule has 1 aliphatic heterocycles. The number of carbonyl (C=O) groups excluding carboxylic acids is 1. The van der Waals surface area contributed by atoms with E-state index in [9.17, 15) is 4.79 Å². The van der Waals surface area contributed by atoms with E-state index in [1.807, 2.05) is 11.8 Å². The number of amides is 1. The number of piperidine rings is 1.